The van der Waals surface area contributed by atoms with E-state index in [4.69, 9.17) is 0 Å². The van der Waals surface area contributed by atoms with E-state index in [-0.39, 0.29) is 11.3 Å². The van der Waals surface area contributed by atoms with Gasteiger partial charge in [-0.15, -0.1) is 0 Å². The lowest BCUT2D eigenvalue weighted by Crippen LogP contribution is -1.99. The molecule has 6 nitrogen and oxygen atoms in total. The minimum Gasteiger partial charge on any atom is -0.507 e. The summed E-state index contributed by atoms with van der Waals surface area (Å²) in [7, 11) is 0. The second-order valence-corrected chi connectivity index (χ2v) is 3.46. The van der Waals surface area contributed by atoms with Crippen molar-refractivity contribution in [3.63, 3.8) is 0 Å². The van der Waals surface area contributed by atoms with Gasteiger partial charge in [0.1, 0.15) is 5.75 Å². The molecular formula is C10H13NO5. The molecule has 0 spiro atoms. The van der Waals surface area contributed by atoms with Gasteiger partial charge in [0, 0.05) is 17.7 Å². The summed E-state index contributed by atoms with van der Waals surface area (Å²) in [6.45, 7) is 1.84. The molecule has 88 valence electrons. The number of rotatable bonds is 4. The zero-order valence-electron chi connectivity index (χ0n) is 8.75. The Bertz CT molecular complexity index is 404. The van der Waals surface area contributed by atoms with Crippen LogP contribution in [0.5, 0.6) is 11.5 Å². The molecule has 0 aromatic heterocycles. The summed E-state index contributed by atoms with van der Waals surface area (Å²) in [4.78, 5) is 9.78. The fourth-order valence-electron chi connectivity index (χ4n) is 1.42. The van der Waals surface area contributed by atoms with E-state index < -0.39 is 22.5 Å². The molecule has 0 fully saturated rings. The average Bonchev–Trinajstić information content (AvgIpc) is 2.17. The maximum absolute atomic E-state index is 10.5. The van der Waals surface area contributed by atoms with E-state index in [9.17, 15) is 25.4 Å². The predicted octanol–water partition coefficient (Wildman–Crippen LogP) is 1.84. The van der Waals surface area contributed by atoms with Crippen molar-refractivity contribution in [3.05, 3.63) is 27.8 Å². The second-order valence-electron chi connectivity index (χ2n) is 3.46. The first-order chi connectivity index (χ1) is 7.47. The van der Waals surface area contributed by atoms with Crippen LogP contribution in [-0.2, 0) is 0 Å². The lowest BCUT2D eigenvalue weighted by Gasteiger charge is -2.11. The Morgan fingerprint density at radius 1 is 1.38 bits per heavy atom. The number of benzene rings is 1. The molecule has 1 rings (SSSR count). The summed E-state index contributed by atoms with van der Waals surface area (Å²) >= 11 is 0. The Hall–Kier alpha value is -1.82. The number of aromatic hydroxyl groups is 2. The lowest BCUT2D eigenvalue weighted by molar-refractivity contribution is -0.386. The van der Waals surface area contributed by atoms with Crippen LogP contribution in [-0.4, -0.2) is 20.2 Å². The molecular weight excluding hydrogens is 214 g/mol. The molecule has 0 saturated heterocycles. The maximum atomic E-state index is 10.5. The van der Waals surface area contributed by atoms with Crippen molar-refractivity contribution < 1.29 is 20.2 Å². The van der Waals surface area contributed by atoms with E-state index in [1.165, 1.54) is 0 Å². The van der Waals surface area contributed by atoms with Crippen molar-refractivity contribution in [1.29, 1.82) is 0 Å². The number of phenolic OH excluding ortho intramolecular Hbond substituents is 2. The third kappa shape index (κ3) is 2.40. The van der Waals surface area contributed by atoms with Crippen LogP contribution in [0.2, 0.25) is 0 Å². The third-order valence-electron chi connectivity index (χ3n) is 2.24. The number of hydrogen-bond acceptors (Lipinski definition) is 5. The number of nitro groups is 1. The summed E-state index contributed by atoms with van der Waals surface area (Å²) in [5.74, 6) is -0.959. The molecule has 0 aliphatic rings. The van der Waals surface area contributed by atoms with Gasteiger partial charge in [-0.25, -0.2) is 0 Å². The zero-order valence-corrected chi connectivity index (χ0v) is 8.75. The molecule has 1 aromatic carbocycles. The number of nitro benzene ring substituents is 1. The van der Waals surface area contributed by atoms with Crippen LogP contribution in [0.25, 0.3) is 0 Å². The normalized spacial score (nSPS) is 12.4. The Morgan fingerprint density at radius 3 is 2.50 bits per heavy atom. The van der Waals surface area contributed by atoms with Crippen LogP contribution < -0.4 is 0 Å². The standard InChI is InChI=1S/C10H13NO5/c1-2-3-8(12)6-4-7(11(15)16)10(14)5-9(6)13/h4-5,8,12-14H,2-3H2,1H3. The fourth-order valence-corrected chi connectivity index (χ4v) is 1.42. The molecule has 0 saturated carbocycles. The monoisotopic (exact) mass is 227 g/mol. The number of aliphatic hydroxyl groups is 1. The molecule has 0 aliphatic heterocycles. The van der Waals surface area contributed by atoms with Crippen molar-refractivity contribution in [2.45, 2.75) is 25.9 Å². The highest BCUT2D eigenvalue weighted by Crippen LogP contribution is 2.36. The van der Waals surface area contributed by atoms with Gasteiger partial charge in [-0.05, 0) is 6.42 Å². The summed E-state index contributed by atoms with van der Waals surface area (Å²) in [5.41, 5.74) is -0.464. The third-order valence-corrected chi connectivity index (χ3v) is 2.24. The van der Waals surface area contributed by atoms with Gasteiger partial charge in [-0.2, -0.15) is 0 Å². The van der Waals surface area contributed by atoms with E-state index in [1.807, 2.05) is 6.92 Å². The lowest BCUT2D eigenvalue weighted by atomic mass is 10.0. The molecule has 0 amide bonds. The number of phenols is 2. The minimum absolute atomic E-state index is 0.0614. The molecule has 0 heterocycles. The highest BCUT2D eigenvalue weighted by Gasteiger charge is 2.21. The molecule has 0 aliphatic carbocycles. The van der Waals surface area contributed by atoms with Gasteiger partial charge in [-0.1, -0.05) is 13.3 Å². The van der Waals surface area contributed by atoms with Gasteiger partial charge in [0.2, 0.25) is 0 Å². The highest BCUT2D eigenvalue weighted by atomic mass is 16.6. The van der Waals surface area contributed by atoms with Gasteiger partial charge in [0.25, 0.3) is 0 Å². The Balaban J connectivity index is 3.19. The summed E-state index contributed by atoms with van der Waals surface area (Å²) < 4.78 is 0. The van der Waals surface area contributed by atoms with Crippen molar-refractivity contribution in [3.8, 4) is 11.5 Å². The Kier molecular flexibility index (Phi) is 3.68. The maximum Gasteiger partial charge on any atom is 0.311 e. The Morgan fingerprint density at radius 2 is 2.00 bits per heavy atom. The van der Waals surface area contributed by atoms with Gasteiger partial charge in [-0.3, -0.25) is 10.1 Å². The molecule has 16 heavy (non-hydrogen) atoms. The van der Waals surface area contributed by atoms with Crippen LogP contribution in [0.4, 0.5) is 5.69 Å². The first-order valence-corrected chi connectivity index (χ1v) is 4.85. The highest BCUT2D eigenvalue weighted by molar-refractivity contribution is 5.54. The van der Waals surface area contributed by atoms with Crippen LogP contribution in [0.1, 0.15) is 31.4 Å². The number of hydrogen-bond donors (Lipinski definition) is 3. The van der Waals surface area contributed by atoms with Crippen LogP contribution in [0, 0.1) is 10.1 Å². The second kappa shape index (κ2) is 4.80. The van der Waals surface area contributed by atoms with E-state index in [2.05, 4.69) is 0 Å². The van der Waals surface area contributed by atoms with Crippen molar-refractivity contribution in [2.24, 2.45) is 0 Å². The van der Waals surface area contributed by atoms with Crippen molar-refractivity contribution in [2.75, 3.05) is 0 Å². The van der Waals surface area contributed by atoms with E-state index in [0.29, 0.717) is 12.8 Å². The first kappa shape index (κ1) is 12.3. The van der Waals surface area contributed by atoms with E-state index in [1.54, 1.807) is 0 Å². The smallest absolute Gasteiger partial charge is 0.311 e. The van der Waals surface area contributed by atoms with E-state index in [0.717, 1.165) is 12.1 Å². The number of nitrogens with zero attached hydrogens (tertiary/aromatic N) is 1. The van der Waals surface area contributed by atoms with Crippen LogP contribution in [0.3, 0.4) is 0 Å². The fraction of sp³-hybridized carbons (Fsp3) is 0.400. The van der Waals surface area contributed by atoms with Gasteiger partial charge in [0.15, 0.2) is 5.75 Å². The topological polar surface area (TPSA) is 104 Å². The summed E-state index contributed by atoms with van der Waals surface area (Å²) in [6, 6.07) is 1.86. The predicted molar refractivity (Wildman–Crippen MR) is 56.3 cm³/mol. The molecule has 0 radical (unpaired) electrons. The molecule has 3 N–H and O–H groups in total. The van der Waals surface area contributed by atoms with E-state index >= 15 is 0 Å². The molecule has 0 bridgehead atoms. The van der Waals surface area contributed by atoms with Gasteiger partial charge in [0.05, 0.1) is 11.0 Å². The quantitative estimate of drug-likeness (QED) is 0.537. The van der Waals surface area contributed by atoms with Crippen LogP contribution >= 0.6 is 0 Å². The average molecular weight is 227 g/mol. The van der Waals surface area contributed by atoms with Gasteiger partial charge < -0.3 is 15.3 Å². The van der Waals surface area contributed by atoms with Crippen LogP contribution in [0.15, 0.2) is 12.1 Å². The SMILES string of the molecule is CCCC(O)c1cc([N+](=O)[O-])c(O)cc1O. The first-order valence-electron chi connectivity index (χ1n) is 4.85. The molecule has 6 heteroatoms. The van der Waals surface area contributed by atoms with Crippen molar-refractivity contribution in [1.82, 2.24) is 0 Å². The zero-order chi connectivity index (χ0) is 12.3. The Labute approximate surface area is 91.9 Å². The number of aliphatic hydroxyl groups excluding tert-OH is 1. The summed E-state index contributed by atoms with van der Waals surface area (Å²) in [6.07, 6.45) is 0.0920. The minimum atomic E-state index is -0.968. The molecule has 1 unspecified atom stereocenters. The summed E-state index contributed by atoms with van der Waals surface area (Å²) in [5, 5.41) is 38.8. The largest absolute Gasteiger partial charge is 0.507 e. The van der Waals surface area contributed by atoms with Gasteiger partial charge >= 0.3 is 5.69 Å². The molecule has 1 aromatic rings. The van der Waals surface area contributed by atoms with Crippen molar-refractivity contribution >= 4 is 5.69 Å². The molecule has 1 atom stereocenters.